The number of nitrogens with one attached hydrogen (secondary N) is 1. The second kappa shape index (κ2) is 4.93. The van der Waals surface area contributed by atoms with Gasteiger partial charge in [-0.25, -0.2) is 4.68 Å². The van der Waals surface area contributed by atoms with Crippen LogP contribution in [-0.2, 0) is 13.1 Å². The van der Waals surface area contributed by atoms with Gasteiger partial charge in [-0.2, -0.15) is 0 Å². The second-order valence-electron chi connectivity index (χ2n) is 4.62. The van der Waals surface area contributed by atoms with E-state index in [2.05, 4.69) is 22.6 Å². The molecule has 1 aromatic heterocycles. The highest BCUT2D eigenvalue weighted by molar-refractivity contribution is 4.93. The Morgan fingerprint density at radius 1 is 1.50 bits per heavy atom. The first-order chi connectivity index (χ1) is 7.72. The Kier molecular flexibility index (Phi) is 3.56. The molecule has 1 fully saturated rings. The summed E-state index contributed by atoms with van der Waals surface area (Å²) >= 11 is 0. The number of aromatic nitrogens is 3. The molecule has 90 valence electrons. The third kappa shape index (κ3) is 2.80. The molecule has 0 saturated heterocycles. The van der Waals surface area contributed by atoms with Gasteiger partial charge in [0.05, 0.1) is 17.8 Å². The third-order valence-electron chi connectivity index (χ3n) is 3.13. The molecule has 0 aliphatic heterocycles. The van der Waals surface area contributed by atoms with E-state index >= 15 is 0 Å². The summed E-state index contributed by atoms with van der Waals surface area (Å²) in [5.41, 5.74) is 0.381. The molecule has 0 radical (unpaired) electrons. The molecule has 5 nitrogen and oxygen atoms in total. The minimum absolute atomic E-state index is 0.552. The minimum Gasteiger partial charge on any atom is -0.388 e. The second-order valence-corrected chi connectivity index (χ2v) is 4.62. The average Bonchev–Trinajstić information content (AvgIpc) is 2.85. The van der Waals surface area contributed by atoms with E-state index in [1.807, 2.05) is 6.20 Å². The van der Waals surface area contributed by atoms with Crippen molar-refractivity contribution in [2.75, 3.05) is 6.54 Å². The number of aliphatic hydroxyl groups is 1. The largest absolute Gasteiger partial charge is 0.388 e. The van der Waals surface area contributed by atoms with Gasteiger partial charge in [-0.05, 0) is 19.4 Å². The van der Waals surface area contributed by atoms with Crippen molar-refractivity contribution in [3.63, 3.8) is 0 Å². The van der Waals surface area contributed by atoms with Gasteiger partial charge in [-0.3, -0.25) is 0 Å². The van der Waals surface area contributed by atoms with Crippen LogP contribution in [0, 0.1) is 0 Å². The van der Waals surface area contributed by atoms with Crippen LogP contribution in [0.15, 0.2) is 6.20 Å². The lowest BCUT2D eigenvalue weighted by atomic mass is 10.0. The minimum atomic E-state index is -0.552. The highest BCUT2D eigenvalue weighted by Gasteiger charge is 2.31. The normalized spacial score (nSPS) is 19.1. The van der Waals surface area contributed by atoms with Crippen LogP contribution in [0.5, 0.6) is 0 Å². The lowest BCUT2D eigenvalue weighted by Crippen LogP contribution is -2.30. The van der Waals surface area contributed by atoms with E-state index < -0.39 is 5.60 Å². The summed E-state index contributed by atoms with van der Waals surface area (Å²) in [4.78, 5) is 0. The van der Waals surface area contributed by atoms with Gasteiger partial charge in [0.2, 0.25) is 0 Å². The van der Waals surface area contributed by atoms with Gasteiger partial charge in [-0.1, -0.05) is 25.0 Å². The Morgan fingerprint density at radius 3 is 2.94 bits per heavy atom. The van der Waals surface area contributed by atoms with Crippen molar-refractivity contribution >= 4 is 0 Å². The van der Waals surface area contributed by atoms with E-state index in [4.69, 9.17) is 0 Å². The van der Waals surface area contributed by atoms with Crippen molar-refractivity contribution in [2.24, 2.45) is 0 Å². The Morgan fingerprint density at radius 2 is 2.25 bits per heavy atom. The van der Waals surface area contributed by atoms with Gasteiger partial charge in [-0.15, -0.1) is 5.10 Å². The molecule has 0 bridgehead atoms. The summed E-state index contributed by atoms with van der Waals surface area (Å²) in [6, 6.07) is 0. The molecule has 2 N–H and O–H groups in total. The predicted octanol–water partition coefficient (Wildman–Crippen LogP) is 0.693. The fourth-order valence-electron chi connectivity index (χ4n) is 2.24. The van der Waals surface area contributed by atoms with Gasteiger partial charge in [0.25, 0.3) is 0 Å². The molecule has 0 spiro atoms. The van der Waals surface area contributed by atoms with Gasteiger partial charge in [0.1, 0.15) is 0 Å². The molecular formula is C11H20N4O. The van der Waals surface area contributed by atoms with E-state index in [1.165, 1.54) is 0 Å². The fourth-order valence-corrected chi connectivity index (χ4v) is 2.24. The van der Waals surface area contributed by atoms with Crippen LogP contribution < -0.4 is 5.32 Å². The topological polar surface area (TPSA) is 63.0 Å². The van der Waals surface area contributed by atoms with Crippen LogP contribution in [-0.4, -0.2) is 32.2 Å². The summed E-state index contributed by atoms with van der Waals surface area (Å²) in [7, 11) is 0. The Hall–Kier alpha value is -0.940. The smallest absolute Gasteiger partial charge is 0.0964 e. The zero-order valence-electron chi connectivity index (χ0n) is 9.82. The Balaban J connectivity index is 1.91. The van der Waals surface area contributed by atoms with Crippen molar-refractivity contribution in [1.29, 1.82) is 0 Å². The summed E-state index contributed by atoms with van der Waals surface area (Å²) in [6.07, 6.45) is 5.93. The quantitative estimate of drug-likeness (QED) is 0.772. The molecule has 5 heteroatoms. The van der Waals surface area contributed by atoms with Crippen LogP contribution in [0.3, 0.4) is 0 Å². The van der Waals surface area contributed by atoms with E-state index in [0.717, 1.165) is 44.5 Å². The molecule has 1 heterocycles. The van der Waals surface area contributed by atoms with Gasteiger partial charge >= 0.3 is 0 Å². The fraction of sp³-hybridized carbons (Fsp3) is 0.818. The maximum absolute atomic E-state index is 10.2. The first kappa shape index (κ1) is 11.5. The van der Waals surface area contributed by atoms with Crippen LogP contribution in [0.25, 0.3) is 0 Å². The van der Waals surface area contributed by atoms with E-state index in [9.17, 15) is 5.11 Å². The van der Waals surface area contributed by atoms with Gasteiger partial charge in [0.15, 0.2) is 0 Å². The van der Waals surface area contributed by atoms with Crippen molar-refractivity contribution in [3.8, 4) is 0 Å². The molecular weight excluding hydrogens is 204 g/mol. The zero-order chi connectivity index (χ0) is 11.4. The zero-order valence-corrected chi connectivity index (χ0v) is 9.82. The first-order valence-corrected chi connectivity index (χ1v) is 6.04. The maximum Gasteiger partial charge on any atom is 0.0964 e. The monoisotopic (exact) mass is 224 g/mol. The lowest BCUT2D eigenvalue weighted by Gasteiger charge is -2.21. The summed E-state index contributed by atoms with van der Waals surface area (Å²) < 4.78 is 1.76. The molecule has 0 unspecified atom stereocenters. The summed E-state index contributed by atoms with van der Waals surface area (Å²) in [6.45, 7) is 4.31. The van der Waals surface area contributed by atoms with Crippen molar-refractivity contribution in [3.05, 3.63) is 11.9 Å². The molecule has 0 atom stereocenters. The molecule has 2 rings (SSSR count). The molecule has 1 aliphatic carbocycles. The predicted molar refractivity (Wildman–Crippen MR) is 60.8 cm³/mol. The molecule has 0 aromatic carbocycles. The molecule has 1 saturated carbocycles. The van der Waals surface area contributed by atoms with E-state index in [0.29, 0.717) is 6.54 Å². The Labute approximate surface area is 95.8 Å². The standard InChI is InChI=1S/C11H20N4O/c1-2-12-7-10-8-15(14-13-10)9-11(16)5-3-4-6-11/h8,12,16H,2-7,9H2,1H3. The van der Waals surface area contributed by atoms with Crippen LogP contribution >= 0.6 is 0 Å². The van der Waals surface area contributed by atoms with Crippen LogP contribution in [0.4, 0.5) is 0 Å². The average molecular weight is 224 g/mol. The SMILES string of the molecule is CCNCc1cn(CC2(O)CCCC2)nn1. The first-order valence-electron chi connectivity index (χ1n) is 6.04. The highest BCUT2D eigenvalue weighted by Crippen LogP contribution is 2.30. The molecule has 16 heavy (non-hydrogen) atoms. The summed E-state index contributed by atoms with van der Waals surface area (Å²) in [5.74, 6) is 0. The van der Waals surface area contributed by atoms with E-state index in [-0.39, 0.29) is 0 Å². The molecule has 0 amide bonds. The maximum atomic E-state index is 10.2. The number of nitrogens with zero attached hydrogens (tertiary/aromatic N) is 3. The molecule has 1 aliphatic rings. The Bertz CT molecular complexity index is 330. The van der Waals surface area contributed by atoms with Gasteiger partial charge < -0.3 is 10.4 Å². The highest BCUT2D eigenvalue weighted by atomic mass is 16.3. The number of rotatable bonds is 5. The van der Waals surface area contributed by atoms with Crippen LogP contribution in [0.1, 0.15) is 38.3 Å². The van der Waals surface area contributed by atoms with E-state index in [1.54, 1.807) is 4.68 Å². The van der Waals surface area contributed by atoms with Crippen molar-refractivity contribution < 1.29 is 5.11 Å². The van der Waals surface area contributed by atoms with Crippen molar-refractivity contribution in [1.82, 2.24) is 20.3 Å². The molecule has 1 aromatic rings. The lowest BCUT2D eigenvalue weighted by molar-refractivity contribution is 0.0260. The van der Waals surface area contributed by atoms with Gasteiger partial charge in [0, 0.05) is 12.7 Å². The third-order valence-corrected chi connectivity index (χ3v) is 3.13. The number of hydrogen-bond donors (Lipinski definition) is 2. The number of hydrogen-bond acceptors (Lipinski definition) is 4. The van der Waals surface area contributed by atoms with Crippen LogP contribution in [0.2, 0.25) is 0 Å². The summed E-state index contributed by atoms with van der Waals surface area (Å²) in [5, 5.41) is 21.5. The van der Waals surface area contributed by atoms with Crippen molar-refractivity contribution in [2.45, 2.75) is 51.3 Å².